The van der Waals surface area contributed by atoms with Crippen molar-refractivity contribution in [1.82, 2.24) is 5.32 Å². The lowest BCUT2D eigenvalue weighted by molar-refractivity contribution is -0.0261. The van der Waals surface area contributed by atoms with E-state index in [0.29, 0.717) is 41.8 Å². The number of phenolic OH excluding ortho intramolecular Hbond substituents is 1. The summed E-state index contributed by atoms with van der Waals surface area (Å²) in [6.45, 7) is 1.19. The molecule has 2 atom stereocenters. The summed E-state index contributed by atoms with van der Waals surface area (Å²) >= 11 is 3.35. The van der Waals surface area contributed by atoms with Gasteiger partial charge >= 0.3 is 0 Å². The maximum absolute atomic E-state index is 12.3. The van der Waals surface area contributed by atoms with Gasteiger partial charge in [0, 0.05) is 18.6 Å². The summed E-state index contributed by atoms with van der Waals surface area (Å²) in [5.41, 5.74) is 0.826. The van der Waals surface area contributed by atoms with Gasteiger partial charge in [-0.3, -0.25) is 4.79 Å². The molecule has 1 saturated heterocycles. The van der Waals surface area contributed by atoms with E-state index in [1.54, 1.807) is 6.07 Å². The van der Waals surface area contributed by atoms with E-state index in [-0.39, 0.29) is 24.0 Å². The summed E-state index contributed by atoms with van der Waals surface area (Å²) in [6, 6.07) is 1.18. The summed E-state index contributed by atoms with van der Waals surface area (Å²) in [5, 5.41) is 22.8. The van der Waals surface area contributed by atoms with Crippen LogP contribution in [0.15, 0.2) is 10.5 Å². The Balaban J connectivity index is 1.83. The number of hydrogen-bond donors (Lipinski definition) is 3. The highest BCUT2D eigenvalue weighted by molar-refractivity contribution is 9.10. The number of carbonyl (C=O) groups is 1. The highest BCUT2D eigenvalue weighted by Crippen LogP contribution is 2.41. The number of ether oxygens (including phenoxy) is 2. The lowest BCUT2D eigenvalue weighted by Gasteiger charge is -2.28. The van der Waals surface area contributed by atoms with Crippen LogP contribution in [0, 0.1) is 0 Å². The number of benzene rings is 1. The van der Waals surface area contributed by atoms with Crippen LogP contribution in [0.1, 0.15) is 22.3 Å². The normalized spacial score (nSPS) is 24.3. The average Bonchev–Trinajstić information content (AvgIpc) is 2.95. The summed E-state index contributed by atoms with van der Waals surface area (Å²) in [7, 11) is 0. The molecule has 1 fully saturated rings. The van der Waals surface area contributed by atoms with Crippen molar-refractivity contribution in [3.63, 3.8) is 0 Å². The maximum Gasteiger partial charge on any atom is 0.255 e. The third-order valence-corrected chi connectivity index (χ3v) is 4.38. The summed E-state index contributed by atoms with van der Waals surface area (Å²) in [5.74, 6) is 0.133. The standard InChI is InChI=1S/C14H16BrNO5/c15-9-5-8(12(18)7-1-4-21-13(7)9)14(19)16-10-2-3-20-6-11(10)17/h5,10-11,17-18H,1-4,6H2,(H,16,19)/t10-,11-/m0/s1. The van der Waals surface area contributed by atoms with Gasteiger partial charge in [-0.2, -0.15) is 0 Å². The van der Waals surface area contributed by atoms with Crippen molar-refractivity contribution in [2.24, 2.45) is 0 Å². The smallest absolute Gasteiger partial charge is 0.255 e. The van der Waals surface area contributed by atoms with Gasteiger partial charge in [0.1, 0.15) is 11.5 Å². The van der Waals surface area contributed by atoms with Gasteiger partial charge in [-0.1, -0.05) is 0 Å². The average molecular weight is 358 g/mol. The van der Waals surface area contributed by atoms with E-state index >= 15 is 0 Å². The lowest BCUT2D eigenvalue weighted by atomic mass is 10.0. The second kappa shape index (κ2) is 5.82. The SMILES string of the molecule is O=C(N[C@H]1CCOC[C@@H]1O)c1cc(Br)c2c(c1O)CCO2. The first-order chi connectivity index (χ1) is 10.1. The zero-order valence-electron chi connectivity index (χ0n) is 11.3. The van der Waals surface area contributed by atoms with Crippen LogP contribution in [0.25, 0.3) is 0 Å². The molecule has 7 heteroatoms. The van der Waals surface area contributed by atoms with Crippen LogP contribution in [0.2, 0.25) is 0 Å². The Morgan fingerprint density at radius 1 is 1.43 bits per heavy atom. The first-order valence-corrected chi connectivity index (χ1v) is 7.61. The number of aromatic hydroxyl groups is 1. The van der Waals surface area contributed by atoms with Gasteiger partial charge in [0.15, 0.2) is 0 Å². The van der Waals surface area contributed by atoms with E-state index < -0.39 is 12.0 Å². The number of rotatable bonds is 2. The quantitative estimate of drug-likeness (QED) is 0.733. The number of fused-ring (bicyclic) bond motifs is 1. The number of nitrogens with one attached hydrogen (secondary N) is 1. The highest BCUT2D eigenvalue weighted by Gasteiger charge is 2.29. The summed E-state index contributed by atoms with van der Waals surface area (Å²) < 4.78 is 11.2. The van der Waals surface area contributed by atoms with E-state index in [0.717, 1.165) is 0 Å². The summed E-state index contributed by atoms with van der Waals surface area (Å²) in [4.78, 5) is 12.3. The van der Waals surface area contributed by atoms with E-state index in [1.807, 2.05) is 0 Å². The fourth-order valence-corrected chi connectivity index (χ4v) is 3.21. The van der Waals surface area contributed by atoms with Crippen LogP contribution < -0.4 is 10.1 Å². The van der Waals surface area contributed by atoms with Gasteiger partial charge in [0.05, 0.1) is 35.4 Å². The molecule has 0 aliphatic carbocycles. The number of aliphatic hydroxyl groups excluding tert-OH is 1. The van der Waals surface area contributed by atoms with Crippen molar-refractivity contribution < 1.29 is 24.5 Å². The van der Waals surface area contributed by atoms with Gasteiger partial charge in [0.2, 0.25) is 0 Å². The van der Waals surface area contributed by atoms with E-state index in [4.69, 9.17) is 9.47 Å². The molecule has 0 spiro atoms. The lowest BCUT2D eigenvalue weighted by Crippen LogP contribution is -2.48. The predicted octanol–water partition coefficient (Wildman–Crippen LogP) is 0.969. The first-order valence-electron chi connectivity index (χ1n) is 6.81. The molecule has 0 radical (unpaired) electrons. The minimum Gasteiger partial charge on any atom is -0.507 e. The van der Waals surface area contributed by atoms with Crippen LogP contribution in [0.3, 0.4) is 0 Å². The van der Waals surface area contributed by atoms with Gasteiger partial charge in [-0.25, -0.2) is 0 Å². The Bertz CT molecular complexity index is 577. The molecule has 0 unspecified atom stereocenters. The van der Waals surface area contributed by atoms with E-state index in [2.05, 4.69) is 21.2 Å². The van der Waals surface area contributed by atoms with Crippen molar-refractivity contribution in [2.45, 2.75) is 25.0 Å². The number of carbonyl (C=O) groups excluding carboxylic acids is 1. The largest absolute Gasteiger partial charge is 0.507 e. The molecule has 21 heavy (non-hydrogen) atoms. The zero-order chi connectivity index (χ0) is 15.0. The molecule has 6 nitrogen and oxygen atoms in total. The van der Waals surface area contributed by atoms with Crippen LogP contribution in [0.5, 0.6) is 11.5 Å². The zero-order valence-corrected chi connectivity index (χ0v) is 12.9. The maximum atomic E-state index is 12.3. The third-order valence-electron chi connectivity index (χ3n) is 3.79. The molecule has 1 amide bonds. The second-order valence-corrected chi connectivity index (χ2v) is 6.03. The Hall–Kier alpha value is -1.31. The molecule has 2 aliphatic rings. The number of hydrogen-bond acceptors (Lipinski definition) is 5. The number of aliphatic hydroxyl groups is 1. The molecular weight excluding hydrogens is 342 g/mol. The fourth-order valence-electron chi connectivity index (χ4n) is 2.63. The molecule has 3 rings (SSSR count). The highest BCUT2D eigenvalue weighted by atomic mass is 79.9. The van der Waals surface area contributed by atoms with Crippen LogP contribution in [-0.2, 0) is 11.2 Å². The van der Waals surface area contributed by atoms with Gasteiger partial charge in [0.25, 0.3) is 5.91 Å². The molecule has 0 aromatic heterocycles. The molecular formula is C14H16BrNO5. The predicted molar refractivity (Wildman–Crippen MR) is 77.7 cm³/mol. The Kier molecular flexibility index (Phi) is 4.05. The minimum absolute atomic E-state index is 0.0512. The number of amides is 1. The Morgan fingerprint density at radius 3 is 3.00 bits per heavy atom. The number of halogens is 1. The molecule has 2 heterocycles. The molecule has 114 valence electrons. The van der Waals surface area contributed by atoms with Crippen molar-refractivity contribution in [3.05, 3.63) is 21.7 Å². The minimum atomic E-state index is -0.731. The van der Waals surface area contributed by atoms with Crippen LogP contribution in [0.4, 0.5) is 0 Å². The van der Waals surface area contributed by atoms with Gasteiger partial charge in [-0.15, -0.1) is 0 Å². The number of phenols is 1. The van der Waals surface area contributed by atoms with E-state index in [9.17, 15) is 15.0 Å². The van der Waals surface area contributed by atoms with Gasteiger partial charge in [-0.05, 0) is 28.4 Å². The van der Waals surface area contributed by atoms with Crippen molar-refractivity contribution in [2.75, 3.05) is 19.8 Å². The molecule has 0 bridgehead atoms. The molecule has 0 saturated carbocycles. The first kappa shape index (κ1) is 14.6. The van der Waals surface area contributed by atoms with Crippen molar-refractivity contribution in [1.29, 1.82) is 0 Å². The fraction of sp³-hybridized carbons (Fsp3) is 0.500. The molecule has 1 aromatic carbocycles. The Labute approximate surface area is 130 Å². The summed E-state index contributed by atoms with van der Waals surface area (Å²) in [6.07, 6.45) is 0.384. The third kappa shape index (κ3) is 2.73. The van der Waals surface area contributed by atoms with Gasteiger partial charge < -0.3 is 25.0 Å². The van der Waals surface area contributed by atoms with Crippen molar-refractivity contribution in [3.8, 4) is 11.5 Å². The van der Waals surface area contributed by atoms with E-state index in [1.165, 1.54) is 0 Å². The van der Waals surface area contributed by atoms with Crippen molar-refractivity contribution >= 4 is 21.8 Å². The van der Waals surface area contributed by atoms with Crippen LogP contribution in [-0.4, -0.2) is 48.1 Å². The van der Waals surface area contributed by atoms with Crippen LogP contribution >= 0.6 is 15.9 Å². The second-order valence-electron chi connectivity index (χ2n) is 5.17. The molecule has 3 N–H and O–H groups in total. The molecule has 2 aliphatic heterocycles. The topological polar surface area (TPSA) is 88.0 Å². The monoisotopic (exact) mass is 357 g/mol. The molecule has 1 aromatic rings. The Morgan fingerprint density at radius 2 is 2.24 bits per heavy atom.